The molecule has 0 bridgehead atoms. The van der Waals surface area contributed by atoms with E-state index < -0.39 is 0 Å². The first-order valence-corrected chi connectivity index (χ1v) is 9.23. The lowest BCUT2D eigenvalue weighted by Gasteiger charge is -2.07. The van der Waals surface area contributed by atoms with Crippen LogP contribution in [-0.4, -0.2) is 22.2 Å². The molecule has 3 rings (SSSR count). The summed E-state index contributed by atoms with van der Waals surface area (Å²) in [7, 11) is 1.69. The highest BCUT2D eigenvalue weighted by Crippen LogP contribution is 2.31. The molecule has 1 amide bonds. The van der Waals surface area contributed by atoms with Crippen molar-refractivity contribution in [3.05, 3.63) is 69.0 Å². The first-order valence-electron chi connectivity index (χ1n) is 7.22. The zero-order valence-corrected chi connectivity index (χ0v) is 16.1. The minimum absolute atomic E-state index is 0.0550. The van der Waals surface area contributed by atoms with Crippen molar-refractivity contribution in [3.8, 4) is 5.75 Å². The van der Waals surface area contributed by atoms with Crippen LogP contribution in [0.15, 0.2) is 57.9 Å². The summed E-state index contributed by atoms with van der Waals surface area (Å²) in [4.78, 5) is 14.1. The summed E-state index contributed by atoms with van der Waals surface area (Å²) in [6, 6.07) is 15.7. The molecule has 6 heteroatoms. The number of amides is 1. The number of rotatable bonds is 4. The zero-order chi connectivity index (χ0) is 17.1. The van der Waals surface area contributed by atoms with E-state index in [9.17, 15) is 4.79 Å². The maximum atomic E-state index is 12.0. The number of halogens is 1. The Morgan fingerprint density at radius 1 is 1.17 bits per heavy atom. The summed E-state index contributed by atoms with van der Waals surface area (Å²) in [6.45, 7) is 0.515. The van der Waals surface area contributed by atoms with E-state index in [4.69, 9.17) is 17.0 Å². The Bertz CT molecular complexity index is 801. The van der Waals surface area contributed by atoms with E-state index >= 15 is 0 Å². The molecule has 0 saturated carbocycles. The van der Waals surface area contributed by atoms with Crippen molar-refractivity contribution in [2.24, 2.45) is 0 Å². The summed E-state index contributed by atoms with van der Waals surface area (Å²) in [5.74, 6) is 0.735. The fourth-order valence-corrected chi connectivity index (χ4v) is 3.55. The van der Waals surface area contributed by atoms with Crippen LogP contribution in [0.4, 0.5) is 0 Å². The fraction of sp³-hybridized carbons (Fsp3) is 0.111. The molecule has 122 valence electrons. The number of hydrogen-bond donors (Lipinski definition) is 0. The van der Waals surface area contributed by atoms with Crippen molar-refractivity contribution in [2.45, 2.75) is 6.61 Å². The van der Waals surface area contributed by atoms with Crippen molar-refractivity contribution >= 4 is 56.2 Å². The fourth-order valence-electron chi connectivity index (χ4n) is 2.10. The minimum atomic E-state index is -0.0550. The second-order valence-corrected chi connectivity index (χ2v) is 7.82. The molecule has 0 radical (unpaired) electrons. The lowest BCUT2D eigenvalue weighted by atomic mass is 10.2. The number of ether oxygens (including phenoxy) is 1. The third-order valence-electron chi connectivity index (χ3n) is 3.48. The predicted molar refractivity (Wildman–Crippen MR) is 106 cm³/mol. The first kappa shape index (κ1) is 17.2. The SMILES string of the molecule is CN1C(=O)C(=Cc2ccc(OCc3ccc(Br)cc3)cc2)SC1=S. The molecule has 0 aromatic heterocycles. The Morgan fingerprint density at radius 2 is 1.83 bits per heavy atom. The normalized spacial score (nSPS) is 16.1. The van der Waals surface area contributed by atoms with Gasteiger partial charge in [-0.3, -0.25) is 9.69 Å². The Morgan fingerprint density at radius 3 is 2.42 bits per heavy atom. The molecular formula is C18H14BrNO2S2. The number of thiocarbonyl (C=S) groups is 1. The number of hydrogen-bond acceptors (Lipinski definition) is 4. The zero-order valence-electron chi connectivity index (χ0n) is 12.9. The third kappa shape index (κ3) is 4.06. The second kappa shape index (κ2) is 7.51. The van der Waals surface area contributed by atoms with E-state index in [0.717, 1.165) is 21.3 Å². The van der Waals surface area contributed by atoms with Crippen molar-refractivity contribution < 1.29 is 9.53 Å². The lowest BCUT2D eigenvalue weighted by molar-refractivity contribution is -0.121. The van der Waals surface area contributed by atoms with Crippen LogP contribution >= 0.6 is 39.9 Å². The molecular weight excluding hydrogens is 406 g/mol. The number of likely N-dealkylation sites (N-methyl/N-ethyl adjacent to an activating group) is 1. The van der Waals surface area contributed by atoms with Crippen molar-refractivity contribution in [1.82, 2.24) is 4.90 Å². The number of benzene rings is 2. The largest absolute Gasteiger partial charge is 0.489 e. The van der Waals surface area contributed by atoms with E-state index in [0.29, 0.717) is 15.8 Å². The van der Waals surface area contributed by atoms with Gasteiger partial charge in [0, 0.05) is 11.5 Å². The van der Waals surface area contributed by atoms with E-state index in [1.807, 2.05) is 54.6 Å². The standard InChI is InChI=1S/C18H14BrNO2S2/c1-20-17(21)16(24-18(20)23)10-12-4-8-15(9-5-12)22-11-13-2-6-14(19)7-3-13/h2-10H,11H2,1H3. The summed E-state index contributed by atoms with van der Waals surface area (Å²) in [5, 5.41) is 0. The minimum Gasteiger partial charge on any atom is -0.489 e. The molecule has 24 heavy (non-hydrogen) atoms. The van der Waals surface area contributed by atoms with Gasteiger partial charge in [0.05, 0.1) is 4.91 Å². The molecule has 0 N–H and O–H groups in total. The lowest BCUT2D eigenvalue weighted by Crippen LogP contribution is -2.22. The van der Waals surface area contributed by atoms with Gasteiger partial charge in [0.1, 0.15) is 16.7 Å². The molecule has 2 aromatic rings. The van der Waals surface area contributed by atoms with Crippen molar-refractivity contribution in [2.75, 3.05) is 7.05 Å². The second-order valence-electron chi connectivity index (χ2n) is 5.22. The highest BCUT2D eigenvalue weighted by Gasteiger charge is 2.28. The molecule has 0 spiro atoms. The molecule has 1 aliphatic rings. The number of nitrogens with zero attached hydrogens (tertiary/aromatic N) is 1. The van der Waals surface area contributed by atoms with Gasteiger partial charge < -0.3 is 4.74 Å². The summed E-state index contributed by atoms with van der Waals surface area (Å²) < 4.78 is 7.41. The van der Waals surface area contributed by atoms with Crippen LogP contribution in [0.2, 0.25) is 0 Å². The van der Waals surface area contributed by atoms with Gasteiger partial charge in [0.2, 0.25) is 0 Å². The van der Waals surface area contributed by atoms with Crippen LogP contribution in [0.5, 0.6) is 5.75 Å². The molecule has 3 nitrogen and oxygen atoms in total. The van der Waals surface area contributed by atoms with Gasteiger partial charge >= 0.3 is 0 Å². The van der Waals surface area contributed by atoms with E-state index in [2.05, 4.69) is 15.9 Å². The Labute approximate surface area is 158 Å². The average Bonchev–Trinajstić information content (AvgIpc) is 2.83. The van der Waals surface area contributed by atoms with Crippen LogP contribution in [0.25, 0.3) is 6.08 Å². The molecule has 0 unspecified atom stereocenters. The quantitative estimate of drug-likeness (QED) is 0.522. The smallest absolute Gasteiger partial charge is 0.265 e. The van der Waals surface area contributed by atoms with Gasteiger partial charge in [0.25, 0.3) is 5.91 Å². The Kier molecular flexibility index (Phi) is 5.38. The predicted octanol–water partition coefficient (Wildman–Crippen LogP) is 4.86. The van der Waals surface area contributed by atoms with Gasteiger partial charge in [-0.25, -0.2) is 0 Å². The summed E-state index contributed by atoms with van der Waals surface area (Å²) >= 11 is 9.86. The van der Waals surface area contributed by atoms with Crippen LogP contribution in [0.3, 0.4) is 0 Å². The third-order valence-corrected chi connectivity index (χ3v) is 5.50. The molecule has 1 fully saturated rings. The van der Waals surface area contributed by atoms with Gasteiger partial charge in [-0.05, 0) is 41.5 Å². The molecule has 0 aliphatic carbocycles. The van der Waals surface area contributed by atoms with Crippen LogP contribution in [-0.2, 0) is 11.4 Å². The molecule has 1 saturated heterocycles. The highest BCUT2D eigenvalue weighted by atomic mass is 79.9. The van der Waals surface area contributed by atoms with Crippen LogP contribution in [0, 0.1) is 0 Å². The van der Waals surface area contributed by atoms with Gasteiger partial charge in [0.15, 0.2) is 0 Å². The van der Waals surface area contributed by atoms with Crippen molar-refractivity contribution in [3.63, 3.8) is 0 Å². The molecule has 0 atom stereocenters. The number of carbonyl (C=O) groups excluding carboxylic acids is 1. The van der Waals surface area contributed by atoms with Gasteiger partial charge in [-0.1, -0.05) is 64.2 Å². The van der Waals surface area contributed by atoms with Crippen LogP contribution < -0.4 is 4.74 Å². The van der Waals surface area contributed by atoms with Gasteiger partial charge in [-0.2, -0.15) is 0 Å². The van der Waals surface area contributed by atoms with E-state index in [1.165, 1.54) is 16.7 Å². The summed E-state index contributed by atoms with van der Waals surface area (Å²) in [5.41, 5.74) is 2.05. The maximum absolute atomic E-state index is 12.0. The molecule has 1 heterocycles. The van der Waals surface area contributed by atoms with E-state index in [1.54, 1.807) is 7.05 Å². The molecule has 1 aliphatic heterocycles. The average molecular weight is 420 g/mol. The molecule has 2 aromatic carbocycles. The van der Waals surface area contributed by atoms with Gasteiger partial charge in [-0.15, -0.1) is 0 Å². The monoisotopic (exact) mass is 419 g/mol. The topological polar surface area (TPSA) is 29.5 Å². The Hall–Kier alpha value is -1.63. The maximum Gasteiger partial charge on any atom is 0.265 e. The van der Waals surface area contributed by atoms with Crippen LogP contribution in [0.1, 0.15) is 11.1 Å². The van der Waals surface area contributed by atoms with E-state index in [-0.39, 0.29) is 5.91 Å². The highest BCUT2D eigenvalue weighted by molar-refractivity contribution is 9.10. The number of thioether (sulfide) groups is 1. The first-order chi connectivity index (χ1) is 11.5. The Balaban J connectivity index is 1.64. The summed E-state index contributed by atoms with van der Waals surface area (Å²) in [6.07, 6.45) is 1.85. The van der Waals surface area contributed by atoms with Crippen molar-refractivity contribution in [1.29, 1.82) is 0 Å². The number of carbonyl (C=O) groups is 1.